The lowest BCUT2D eigenvalue weighted by atomic mass is 10.0. The zero-order chi connectivity index (χ0) is 56.4. The van der Waals surface area contributed by atoms with Crippen LogP contribution in [0, 0.1) is 0 Å². The molecule has 6 heteroatoms. The predicted octanol–water partition coefficient (Wildman–Crippen LogP) is 23.7. The Morgan fingerprint density at radius 2 is 0.462 bits per heavy atom. The van der Waals surface area contributed by atoms with E-state index in [-0.39, 0.29) is 31.1 Å². The molecule has 0 spiro atoms. The second-order valence-electron chi connectivity index (χ2n) is 23.4. The van der Waals surface area contributed by atoms with Crippen molar-refractivity contribution in [2.45, 2.75) is 380 Å². The van der Waals surface area contributed by atoms with Gasteiger partial charge in [0.1, 0.15) is 13.2 Å². The molecule has 0 aromatic rings. The fourth-order valence-electron chi connectivity index (χ4n) is 10.3. The molecule has 0 aliphatic rings. The Balaban J connectivity index is 4.02. The van der Waals surface area contributed by atoms with Crippen LogP contribution < -0.4 is 0 Å². The van der Waals surface area contributed by atoms with Crippen molar-refractivity contribution in [1.29, 1.82) is 0 Å². The van der Waals surface area contributed by atoms with E-state index in [0.717, 1.165) is 77.0 Å². The minimum absolute atomic E-state index is 0.0742. The van der Waals surface area contributed by atoms with Crippen LogP contribution in [0.1, 0.15) is 374 Å². The third-order valence-electron chi connectivity index (χ3n) is 15.6. The maximum Gasteiger partial charge on any atom is 0.306 e. The molecule has 0 radical (unpaired) electrons. The lowest BCUT2D eigenvalue weighted by Crippen LogP contribution is -2.30. The Morgan fingerprint density at radius 1 is 0.256 bits per heavy atom. The molecule has 0 aliphatic carbocycles. The summed E-state index contributed by atoms with van der Waals surface area (Å²) >= 11 is 0. The van der Waals surface area contributed by atoms with Gasteiger partial charge in [0, 0.05) is 19.3 Å². The molecular formula is C72H132O6. The molecule has 1 atom stereocenters. The van der Waals surface area contributed by atoms with Crippen LogP contribution in [-0.4, -0.2) is 37.2 Å². The summed E-state index contributed by atoms with van der Waals surface area (Å²) in [6, 6.07) is 0. The average molecular weight is 1090 g/mol. The maximum absolute atomic E-state index is 12.9. The third-order valence-corrected chi connectivity index (χ3v) is 15.6. The fourth-order valence-corrected chi connectivity index (χ4v) is 10.3. The quantitative estimate of drug-likeness (QED) is 0.0261. The minimum Gasteiger partial charge on any atom is -0.462 e. The zero-order valence-electron chi connectivity index (χ0n) is 52.5. The highest BCUT2D eigenvalue weighted by Gasteiger charge is 2.19. The summed E-state index contributed by atoms with van der Waals surface area (Å²) in [7, 11) is 0. The molecule has 0 saturated heterocycles. The van der Waals surface area contributed by atoms with E-state index in [0.29, 0.717) is 19.3 Å². The molecule has 78 heavy (non-hydrogen) atoms. The highest BCUT2D eigenvalue weighted by Crippen LogP contribution is 2.18. The average Bonchev–Trinajstić information content (AvgIpc) is 3.44. The van der Waals surface area contributed by atoms with Crippen molar-refractivity contribution in [2.24, 2.45) is 0 Å². The van der Waals surface area contributed by atoms with Crippen LogP contribution in [0.3, 0.4) is 0 Å². The molecule has 1 unspecified atom stereocenters. The number of hydrogen-bond acceptors (Lipinski definition) is 6. The van der Waals surface area contributed by atoms with Gasteiger partial charge in [0.2, 0.25) is 0 Å². The first kappa shape index (κ1) is 75.4. The largest absolute Gasteiger partial charge is 0.462 e. The summed E-state index contributed by atoms with van der Waals surface area (Å²) < 4.78 is 16.9. The van der Waals surface area contributed by atoms with Crippen molar-refractivity contribution in [2.75, 3.05) is 13.2 Å². The van der Waals surface area contributed by atoms with Crippen molar-refractivity contribution in [3.8, 4) is 0 Å². The van der Waals surface area contributed by atoms with Crippen LogP contribution in [-0.2, 0) is 28.6 Å². The Labute approximate surface area is 486 Å². The smallest absolute Gasteiger partial charge is 0.306 e. The Kier molecular flexibility index (Phi) is 64.6. The summed E-state index contributed by atoms with van der Waals surface area (Å²) in [6.45, 7) is 6.62. The summed E-state index contributed by atoms with van der Waals surface area (Å²) in [5.41, 5.74) is 0. The van der Waals surface area contributed by atoms with Crippen LogP contribution >= 0.6 is 0 Å². The van der Waals surface area contributed by atoms with Gasteiger partial charge in [-0.25, -0.2) is 0 Å². The summed E-state index contributed by atoms with van der Waals surface area (Å²) in [6.07, 6.45) is 84.5. The topological polar surface area (TPSA) is 78.9 Å². The van der Waals surface area contributed by atoms with Crippen molar-refractivity contribution in [3.63, 3.8) is 0 Å². The summed E-state index contributed by atoms with van der Waals surface area (Å²) in [4.78, 5) is 38.2. The van der Waals surface area contributed by atoms with Gasteiger partial charge < -0.3 is 14.2 Å². The second kappa shape index (κ2) is 66.9. The first-order valence-electron chi connectivity index (χ1n) is 34.6. The molecule has 0 fully saturated rings. The number of ether oxygens (including phenoxy) is 3. The molecule has 0 bridgehead atoms. The van der Waals surface area contributed by atoms with Crippen LogP contribution in [0.15, 0.2) is 48.6 Å². The number of carbonyl (C=O) groups excluding carboxylic acids is 3. The molecule has 0 aliphatic heterocycles. The minimum atomic E-state index is -0.776. The van der Waals surface area contributed by atoms with Gasteiger partial charge in [-0.3, -0.25) is 14.4 Å². The van der Waals surface area contributed by atoms with E-state index in [9.17, 15) is 14.4 Å². The Morgan fingerprint density at radius 3 is 0.756 bits per heavy atom. The predicted molar refractivity (Wildman–Crippen MR) is 339 cm³/mol. The summed E-state index contributed by atoms with van der Waals surface area (Å²) in [5, 5.41) is 0. The summed E-state index contributed by atoms with van der Waals surface area (Å²) in [5.74, 6) is -0.871. The molecule has 456 valence electrons. The third kappa shape index (κ3) is 64.2. The van der Waals surface area contributed by atoms with E-state index in [1.165, 1.54) is 257 Å². The van der Waals surface area contributed by atoms with Crippen molar-refractivity contribution < 1.29 is 28.6 Å². The SMILES string of the molecule is CCCCC/C=C\C/C=C\C/C=C\CCCCCCCCC(=O)OC(COC(=O)CCCCCCCCCC)COC(=O)CCCCCCCCCCCCCCCCCCCCCCC/C=C\CCCCCCCCCC. The molecule has 0 aromatic carbocycles. The van der Waals surface area contributed by atoms with E-state index in [1.54, 1.807) is 0 Å². The van der Waals surface area contributed by atoms with Crippen LogP contribution in [0.2, 0.25) is 0 Å². The Hall–Kier alpha value is -2.63. The first-order chi connectivity index (χ1) is 38.5. The highest BCUT2D eigenvalue weighted by atomic mass is 16.6. The lowest BCUT2D eigenvalue weighted by molar-refractivity contribution is -0.167. The Bertz CT molecular complexity index is 1350. The van der Waals surface area contributed by atoms with Gasteiger partial charge in [-0.15, -0.1) is 0 Å². The molecular weight excluding hydrogens is 961 g/mol. The van der Waals surface area contributed by atoms with Crippen molar-refractivity contribution >= 4 is 17.9 Å². The molecule has 6 nitrogen and oxygen atoms in total. The van der Waals surface area contributed by atoms with E-state index in [4.69, 9.17) is 14.2 Å². The molecule has 0 N–H and O–H groups in total. The van der Waals surface area contributed by atoms with Gasteiger partial charge in [-0.05, 0) is 83.5 Å². The van der Waals surface area contributed by atoms with E-state index in [2.05, 4.69) is 69.4 Å². The standard InChI is InChI=1S/C72H132O6/c1-4-7-10-13-16-19-21-23-25-27-29-30-31-32-33-34-35-36-37-38-39-40-41-42-44-45-47-49-51-53-56-59-62-65-71(74)77-68-69(67-76-70(73)64-61-58-55-18-15-12-9-6-3)78-72(75)66-63-60-57-54-52-50-48-46-43-28-26-24-22-20-17-14-11-8-5-2/h17,20,24,26-27,29,43,46,69H,4-16,18-19,21-23,25,28,30-42,44-45,47-68H2,1-3H3/b20-17-,26-24-,29-27-,46-43-. The van der Waals surface area contributed by atoms with Crippen molar-refractivity contribution in [3.05, 3.63) is 48.6 Å². The van der Waals surface area contributed by atoms with Gasteiger partial charge in [0.25, 0.3) is 0 Å². The molecule has 0 aromatic heterocycles. The normalized spacial score (nSPS) is 12.3. The van der Waals surface area contributed by atoms with Gasteiger partial charge in [-0.1, -0.05) is 320 Å². The van der Waals surface area contributed by atoms with Crippen LogP contribution in [0.5, 0.6) is 0 Å². The monoisotopic (exact) mass is 1090 g/mol. The second-order valence-corrected chi connectivity index (χ2v) is 23.4. The van der Waals surface area contributed by atoms with Crippen LogP contribution in [0.25, 0.3) is 0 Å². The molecule has 0 heterocycles. The number of carbonyl (C=O) groups is 3. The molecule has 0 amide bonds. The van der Waals surface area contributed by atoms with E-state index < -0.39 is 6.10 Å². The number of unbranched alkanes of at least 4 members (excludes halogenated alkanes) is 45. The number of esters is 3. The maximum atomic E-state index is 12.9. The molecule has 0 saturated carbocycles. The van der Waals surface area contributed by atoms with E-state index in [1.807, 2.05) is 0 Å². The highest BCUT2D eigenvalue weighted by molar-refractivity contribution is 5.71. The lowest BCUT2D eigenvalue weighted by Gasteiger charge is -2.18. The number of rotatable bonds is 64. The van der Waals surface area contributed by atoms with Gasteiger partial charge in [-0.2, -0.15) is 0 Å². The number of hydrogen-bond donors (Lipinski definition) is 0. The van der Waals surface area contributed by atoms with Gasteiger partial charge >= 0.3 is 17.9 Å². The first-order valence-corrected chi connectivity index (χ1v) is 34.6. The zero-order valence-corrected chi connectivity index (χ0v) is 52.5. The van der Waals surface area contributed by atoms with Gasteiger partial charge in [0.15, 0.2) is 6.10 Å². The van der Waals surface area contributed by atoms with Gasteiger partial charge in [0.05, 0.1) is 0 Å². The van der Waals surface area contributed by atoms with Crippen LogP contribution in [0.4, 0.5) is 0 Å². The van der Waals surface area contributed by atoms with E-state index >= 15 is 0 Å². The number of allylic oxidation sites excluding steroid dienone is 8. The fraction of sp³-hybridized carbons (Fsp3) is 0.847. The van der Waals surface area contributed by atoms with Crippen molar-refractivity contribution in [1.82, 2.24) is 0 Å². The molecule has 0 rings (SSSR count).